The Morgan fingerprint density at radius 2 is 2.09 bits per heavy atom. The normalized spacial score (nSPS) is 17.6. The molecule has 1 aromatic heterocycles. The van der Waals surface area contributed by atoms with Crippen molar-refractivity contribution in [1.82, 2.24) is 25.0 Å². The van der Waals surface area contributed by atoms with Gasteiger partial charge in [0.05, 0.1) is 19.3 Å². The molecule has 0 spiro atoms. The van der Waals surface area contributed by atoms with Gasteiger partial charge in [-0.25, -0.2) is 0 Å². The molecular formula is C15H27N5O2. The van der Waals surface area contributed by atoms with Crippen LogP contribution in [0.4, 0.5) is 0 Å². The quantitative estimate of drug-likeness (QED) is 0.818. The maximum atomic E-state index is 12.1. The number of nitrogens with one attached hydrogen (secondary N) is 1. The van der Waals surface area contributed by atoms with E-state index in [0.717, 1.165) is 45.1 Å². The standard InChI is InChI=1S/C15H27N5O2/c1-12(2)20-11-16-18-15(20)13(3)17-14(21)5-4-6-19-7-9-22-10-8-19/h11-13H,4-10H2,1-3H3,(H,17,21)/t13-/m1/s1. The van der Waals surface area contributed by atoms with Gasteiger partial charge in [0.2, 0.25) is 5.91 Å². The molecule has 1 N–H and O–H groups in total. The number of aromatic nitrogens is 3. The number of nitrogens with zero attached hydrogens (tertiary/aromatic N) is 4. The van der Waals surface area contributed by atoms with Gasteiger partial charge in [0, 0.05) is 25.6 Å². The van der Waals surface area contributed by atoms with E-state index >= 15 is 0 Å². The van der Waals surface area contributed by atoms with Crippen molar-refractivity contribution in [1.29, 1.82) is 0 Å². The second kappa shape index (κ2) is 8.24. The lowest BCUT2D eigenvalue weighted by Gasteiger charge is -2.26. The fourth-order valence-corrected chi connectivity index (χ4v) is 2.63. The van der Waals surface area contributed by atoms with E-state index in [1.54, 1.807) is 6.33 Å². The number of hydrogen-bond donors (Lipinski definition) is 1. The van der Waals surface area contributed by atoms with E-state index in [1.807, 2.05) is 11.5 Å². The Morgan fingerprint density at radius 3 is 2.77 bits per heavy atom. The molecule has 2 heterocycles. The van der Waals surface area contributed by atoms with Crippen LogP contribution >= 0.6 is 0 Å². The van der Waals surface area contributed by atoms with Crippen LogP contribution in [-0.2, 0) is 9.53 Å². The van der Waals surface area contributed by atoms with E-state index in [9.17, 15) is 4.79 Å². The minimum absolute atomic E-state index is 0.0686. The van der Waals surface area contributed by atoms with E-state index in [-0.39, 0.29) is 18.0 Å². The average molecular weight is 309 g/mol. The summed E-state index contributed by atoms with van der Waals surface area (Å²) < 4.78 is 7.30. The second-order valence-electron chi connectivity index (χ2n) is 6.04. The fourth-order valence-electron chi connectivity index (χ4n) is 2.63. The van der Waals surface area contributed by atoms with Gasteiger partial charge in [0.25, 0.3) is 0 Å². The van der Waals surface area contributed by atoms with Crippen LogP contribution in [-0.4, -0.2) is 58.4 Å². The third-order valence-corrected chi connectivity index (χ3v) is 3.90. The van der Waals surface area contributed by atoms with E-state index < -0.39 is 0 Å². The van der Waals surface area contributed by atoms with Crippen LogP contribution < -0.4 is 5.32 Å². The molecule has 0 unspecified atom stereocenters. The Hall–Kier alpha value is -1.47. The first-order valence-electron chi connectivity index (χ1n) is 8.06. The largest absolute Gasteiger partial charge is 0.379 e. The maximum absolute atomic E-state index is 12.1. The summed E-state index contributed by atoms with van der Waals surface area (Å²) in [6.07, 6.45) is 3.12. The summed E-state index contributed by atoms with van der Waals surface area (Å²) in [5.74, 6) is 0.871. The highest BCUT2D eigenvalue weighted by Crippen LogP contribution is 2.14. The molecule has 7 nitrogen and oxygen atoms in total. The van der Waals surface area contributed by atoms with Crippen LogP contribution in [0.5, 0.6) is 0 Å². The Bertz CT molecular complexity index is 468. The lowest BCUT2D eigenvalue weighted by atomic mass is 10.2. The first-order chi connectivity index (χ1) is 10.6. The van der Waals surface area contributed by atoms with Crippen molar-refractivity contribution in [3.63, 3.8) is 0 Å². The predicted molar refractivity (Wildman–Crippen MR) is 83.5 cm³/mol. The summed E-state index contributed by atoms with van der Waals surface area (Å²) >= 11 is 0. The van der Waals surface area contributed by atoms with Gasteiger partial charge in [-0.05, 0) is 33.7 Å². The highest BCUT2D eigenvalue weighted by molar-refractivity contribution is 5.76. The van der Waals surface area contributed by atoms with Crippen LogP contribution in [0.2, 0.25) is 0 Å². The summed E-state index contributed by atoms with van der Waals surface area (Å²) in [5, 5.41) is 11.1. The molecule has 1 amide bonds. The molecule has 1 saturated heterocycles. The molecule has 124 valence electrons. The van der Waals surface area contributed by atoms with Gasteiger partial charge in [0.1, 0.15) is 6.33 Å². The number of amides is 1. The minimum atomic E-state index is -0.124. The van der Waals surface area contributed by atoms with Crippen molar-refractivity contribution in [2.45, 2.75) is 45.7 Å². The molecule has 1 fully saturated rings. The second-order valence-corrected chi connectivity index (χ2v) is 6.04. The molecule has 0 saturated carbocycles. The number of rotatable bonds is 7. The topological polar surface area (TPSA) is 72.3 Å². The van der Waals surface area contributed by atoms with Crippen LogP contribution in [0, 0.1) is 0 Å². The zero-order valence-electron chi connectivity index (χ0n) is 13.8. The smallest absolute Gasteiger partial charge is 0.220 e. The minimum Gasteiger partial charge on any atom is -0.379 e. The Morgan fingerprint density at radius 1 is 1.36 bits per heavy atom. The molecule has 2 rings (SSSR count). The molecule has 1 atom stereocenters. The molecule has 1 aliphatic rings. The zero-order valence-corrected chi connectivity index (χ0v) is 13.8. The summed E-state index contributed by atoms with van der Waals surface area (Å²) in [6, 6.07) is 0.159. The summed E-state index contributed by atoms with van der Waals surface area (Å²) in [7, 11) is 0. The van der Waals surface area contributed by atoms with Gasteiger partial charge in [0.15, 0.2) is 5.82 Å². The van der Waals surface area contributed by atoms with Crippen LogP contribution in [0.15, 0.2) is 6.33 Å². The lowest BCUT2D eigenvalue weighted by molar-refractivity contribution is -0.122. The summed E-state index contributed by atoms with van der Waals surface area (Å²) in [5.41, 5.74) is 0. The maximum Gasteiger partial charge on any atom is 0.220 e. The molecule has 0 aliphatic carbocycles. The van der Waals surface area contributed by atoms with E-state index in [2.05, 4.69) is 34.3 Å². The van der Waals surface area contributed by atoms with Crippen molar-refractivity contribution < 1.29 is 9.53 Å². The van der Waals surface area contributed by atoms with E-state index in [1.165, 1.54) is 0 Å². The number of ether oxygens (including phenoxy) is 1. The monoisotopic (exact) mass is 309 g/mol. The predicted octanol–water partition coefficient (Wildman–Crippen LogP) is 1.15. The number of morpholine rings is 1. The summed E-state index contributed by atoms with van der Waals surface area (Å²) in [4.78, 5) is 14.4. The third kappa shape index (κ3) is 4.78. The van der Waals surface area contributed by atoms with Crippen LogP contribution in [0.25, 0.3) is 0 Å². The van der Waals surface area contributed by atoms with Gasteiger partial charge in [-0.1, -0.05) is 0 Å². The first-order valence-corrected chi connectivity index (χ1v) is 8.06. The van der Waals surface area contributed by atoms with Gasteiger partial charge in [-0.15, -0.1) is 10.2 Å². The Kier molecular flexibility index (Phi) is 6.33. The molecule has 0 aromatic carbocycles. The molecule has 22 heavy (non-hydrogen) atoms. The van der Waals surface area contributed by atoms with E-state index in [0.29, 0.717) is 6.42 Å². The van der Waals surface area contributed by atoms with Crippen molar-refractivity contribution in [2.75, 3.05) is 32.8 Å². The molecule has 0 radical (unpaired) electrons. The van der Waals surface area contributed by atoms with Crippen LogP contribution in [0.3, 0.4) is 0 Å². The highest BCUT2D eigenvalue weighted by Gasteiger charge is 2.17. The van der Waals surface area contributed by atoms with Crippen molar-refractivity contribution in [2.24, 2.45) is 0 Å². The Balaban J connectivity index is 1.72. The molecule has 7 heteroatoms. The molecular weight excluding hydrogens is 282 g/mol. The Labute approximate surface area is 132 Å². The molecule has 1 aromatic rings. The lowest BCUT2D eigenvalue weighted by Crippen LogP contribution is -2.37. The average Bonchev–Trinajstić information content (AvgIpc) is 2.98. The van der Waals surface area contributed by atoms with Gasteiger partial charge in [-0.2, -0.15) is 0 Å². The van der Waals surface area contributed by atoms with E-state index in [4.69, 9.17) is 4.74 Å². The fraction of sp³-hybridized carbons (Fsp3) is 0.800. The summed E-state index contributed by atoms with van der Waals surface area (Å²) in [6.45, 7) is 10.6. The number of hydrogen-bond acceptors (Lipinski definition) is 5. The molecule has 0 bridgehead atoms. The van der Waals surface area contributed by atoms with Crippen molar-refractivity contribution in [3.8, 4) is 0 Å². The van der Waals surface area contributed by atoms with Gasteiger partial charge < -0.3 is 14.6 Å². The first kappa shape index (κ1) is 16.9. The van der Waals surface area contributed by atoms with Crippen molar-refractivity contribution >= 4 is 5.91 Å². The SMILES string of the molecule is CC(C)n1cnnc1[C@@H](C)NC(=O)CCCN1CCOCC1. The highest BCUT2D eigenvalue weighted by atomic mass is 16.5. The zero-order chi connectivity index (χ0) is 15.9. The van der Waals surface area contributed by atoms with Crippen LogP contribution in [0.1, 0.15) is 51.5 Å². The van der Waals surface area contributed by atoms with Crippen molar-refractivity contribution in [3.05, 3.63) is 12.2 Å². The van der Waals surface area contributed by atoms with Gasteiger partial charge in [-0.3, -0.25) is 9.69 Å². The number of carbonyl (C=O) groups excluding carboxylic acids is 1. The molecule has 1 aliphatic heterocycles. The van der Waals surface area contributed by atoms with Gasteiger partial charge >= 0.3 is 0 Å². The third-order valence-electron chi connectivity index (χ3n) is 3.90. The number of carbonyl (C=O) groups is 1.